The zero-order valence-electron chi connectivity index (χ0n) is 15.9. The number of pyridine rings is 1. The van der Waals surface area contributed by atoms with Crippen molar-refractivity contribution < 1.29 is 42.4 Å². The van der Waals surface area contributed by atoms with Crippen molar-refractivity contribution in [1.29, 1.82) is 0 Å². The fraction of sp³-hybridized carbons (Fsp3) is 0.316. The molecule has 0 radical (unpaired) electrons. The summed E-state index contributed by atoms with van der Waals surface area (Å²) in [6, 6.07) is 5.57. The first-order valence-corrected chi connectivity index (χ1v) is 8.50. The summed E-state index contributed by atoms with van der Waals surface area (Å²) in [7, 11) is 1.11. The highest BCUT2D eigenvalue weighted by Gasteiger charge is 2.31. The molecule has 0 aliphatic heterocycles. The molecule has 0 aliphatic carbocycles. The Kier molecular flexibility index (Phi) is 6.75. The van der Waals surface area contributed by atoms with E-state index in [0.29, 0.717) is 0 Å². The van der Waals surface area contributed by atoms with E-state index in [9.17, 15) is 32.7 Å². The largest absolute Gasteiger partial charge is 0.573 e. The number of ether oxygens (including phenoxy) is 2. The molecule has 0 spiro atoms. The van der Waals surface area contributed by atoms with Crippen LogP contribution in [0.5, 0.6) is 11.5 Å². The first kappa shape index (κ1) is 22.8. The summed E-state index contributed by atoms with van der Waals surface area (Å²) in [6.07, 6.45) is -5.32. The Balaban J connectivity index is 2.59. The number of benzene rings is 1. The molecule has 30 heavy (non-hydrogen) atoms. The fourth-order valence-corrected chi connectivity index (χ4v) is 2.97. The van der Waals surface area contributed by atoms with Crippen LogP contribution in [-0.2, 0) is 20.9 Å². The number of alkyl halides is 3. The lowest BCUT2D eigenvalue weighted by Crippen LogP contribution is -2.30. The van der Waals surface area contributed by atoms with Crippen molar-refractivity contribution in [2.24, 2.45) is 0 Å². The third-order valence-electron chi connectivity index (χ3n) is 4.28. The number of aromatic nitrogens is 1. The lowest BCUT2D eigenvalue weighted by atomic mass is 9.88. The molecule has 0 saturated heterocycles. The average Bonchev–Trinajstić information content (AvgIpc) is 2.63. The van der Waals surface area contributed by atoms with E-state index in [0.717, 1.165) is 23.8 Å². The van der Waals surface area contributed by atoms with Gasteiger partial charge >= 0.3 is 18.3 Å². The zero-order valence-corrected chi connectivity index (χ0v) is 15.9. The minimum atomic E-state index is -4.90. The number of halogens is 3. The molecule has 1 heterocycles. The molecule has 0 amide bonds. The Morgan fingerprint density at radius 2 is 1.80 bits per heavy atom. The van der Waals surface area contributed by atoms with Crippen LogP contribution in [-0.4, -0.2) is 40.2 Å². The van der Waals surface area contributed by atoms with Crippen LogP contribution in [0.4, 0.5) is 13.2 Å². The molecule has 1 unspecified atom stereocenters. The molecule has 2 N–H and O–H groups in total. The van der Waals surface area contributed by atoms with Crippen LogP contribution in [0.15, 0.2) is 35.1 Å². The number of nitrogens with zero attached hydrogens (tertiary/aromatic N) is 1. The Morgan fingerprint density at radius 1 is 1.20 bits per heavy atom. The Labute approximate surface area is 168 Å². The minimum Gasteiger partial charge on any atom is -0.507 e. The Hall–Kier alpha value is -3.50. The molecule has 11 heteroatoms. The van der Waals surface area contributed by atoms with Crippen molar-refractivity contribution >= 4 is 11.9 Å². The summed E-state index contributed by atoms with van der Waals surface area (Å²) in [5.41, 5.74) is -0.737. The standard InChI is InChI=1S/C19H18F3NO7/c1-10-7-14(24)17(18(28)23(10)9-15(25)26)13(8-16(27)29-2)11-3-5-12(6-4-11)30-19(20,21)22/h3-7,13,24H,8-9H2,1-2H3,(H,25,26). The summed E-state index contributed by atoms with van der Waals surface area (Å²) >= 11 is 0. The summed E-state index contributed by atoms with van der Waals surface area (Å²) in [5, 5.41) is 19.4. The molecule has 1 aromatic carbocycles. The van der Waals surface area contributed by atoms with Crippen molar-refractivity contribution in [2.45, 2.75) is 32.2 Å². The number of hydrogen-bond acceptors (Lipinski definition) is 6. The number of hydrogen-bond donors (Lipinski definition) is 2. The summed E-state index contributed by atoms with van der Waals surface area (Å²) < 4.78 is 46.4. The topological polar surface area (TPSA) is 115 Å². The molecular formula is C19H18F3NO7. The highest BCUT2D eigenvalue weighted by molar-refractivity contribution is 5.71. The summed E-state index contributed by atoms with van der Waals surface area (Å²) in [4.78, 5) is 35.9. The maximum absolute atomic E-state index is 12.9. The highest BCUT2D eigenvalue weighted by Crippen LogP contribution is 2.34. The molecule has 2 aromatic rings. The minimum absolute atomic E-state index is 0.175. The van der Waals surface area contributed by atoms with Crippen molar-refractivity contribution in [2.75, 3.05) is 7.11 Å². The number of carboxylic acids is 1. The normalized spacial score (nSPS) is 12.3. The van der Waals surface area contributed by atoms with E-state index in [1.165, 1.54) is 25.1 Å². The van der Waals surface area contributed by atoms with Crippen LogP contribution in [0.25, 0.3) is 0 Å². The van der Waals surface area contributed by atoms with Crippen molar-refractivity contribution in [3.63, 3.8) is 0 Å². The van der Waals surface area contributed by atoms with Gasteiger partial charge in [0.1, 0.15) is 18.0 Å². The third kappa shape index (κ3) is 5.52. The van der Waals surface area contributed by atoms with Gasteiger partial charge in [0.25, 0.3) is 5.56 Å². The van der Waals surface area contributed by atoms with Crippen LogP contribution >= 0.6 is 0 Å². The van der Waals surface area contributed by atoms with E-state index in [-0.39, 0.29) is 16.8 Å². The number of rotatable bonds is 7. The first-order chi connectivity index (χ1) is 13.9. The molecule has 2 rings (SSSR count). The van der Waals surface area contributed by atoms with Gasteiger partial charge in [0, 0.05) is 11.6 Å². The number of aliphatic carboxylic acids is 1. The van der Waals surface area contributed by atoms with Crippen molar-refractivity contribution in [3.05, 3.63) is 57.5 Å². The van der Waals surface area contributed by atoms with Gasteiger partial charge in [-0.25, -0.2) is 0 Å². The van der Waals surface area contributed by atoms with E-state index in [1.54, 1.807) is 0 Å². The van der Waals surface area contributed by atoms with Crippen molar-refractivity contribution in [1.82, 2.24) is 4.57 Å². The number of carbonyl (C=O) groups is 2. The van der Waals surface area contributed by atoms with Gasteiger partial charge in [0.05, 0.1) is 19.1 Å². The highest BCUT2D eigenvalue weighted by atomic mass is 19.4. The molecule has 0 fully saturated rings. The van der Waals surface area contributed by atoms with Crippen LogP contribution in [0.1, 0.15) is 29.2 Å². The van der Waals surface area contributed by atoms with Gasteiger partial charge in [-0.05, 0) is 30.7 Å². The van der Waals surface area contributed by atoms with Crippen LogP contribution in [0, 0.1) is 6.92 Å². The maximum atomic E-state index is 12.9. The Morgan fingerprint density at radius 3 is 2.30 bits per heavy atom. The second-order valence-corrected chi connectivity index (χ2v) is 6.32. The SMILES string of the molecule is COC(=O)CC(c1ccc(OC(F)(F)F)cc1)c1c(O)cc(C)n(CC(=O)O)c1=O. The molecule has 8 nitrogen and oxygen atoms in total. The molecule has 162 valence electrons. The van der Waals surface area contributed by atoms with Gasteiger partial charge in [-0.3, -0.25) is 14.4 Å². The molecule has 0 bridgehead atoms. The smallest absolute Gasteiger partial charge is 0.507 e. The predicted molar refractivity (Wildman–Crippen MR) is 96.3 cm³/mol. The molecule has 0 saturated carbocycles. The number of methoxy groups -OCH3 is 1. The van der Waals surface area contributed by atoms with E-state index < -0.39 is 54.2 Å². The average molecular weight is 429 g/mol. The number of carbonyl (C=O) groups excluding carboxylic acids is 1. The van der Waals surface area contributed by atoms with Gasteiger partial charge in [-0.2, -0.15) is 0 Å². The second kappa shape index (κ2) is 8.89. The Bertz CT molecular complexity index is 997. The first-order valence-electron chi connectivity index (χ1n) is 8.50. The summed E-state index contributed by atoms with van der Waals surface area (Å²) in [5.74, 6) is -4.15. The van der Waals surface area contributed by atoms with Crippen LogP contribution in [0.3, 0.4) is 0 Å². The van der Waals surface area contributed by atoms with Gasteiger partial charge < -0.3 is 24.3 Å². The molecule has 1 aromatic heterocycles. The lowest BCUT2D eigenvalue weighted by molar-refractivity contribution is -0.274. The second-order valence-electron chi connectivity index (χ2n) is 6.32. The maximum Gasteiger partial charge on any atom is 0.573 e. The van der Waals surface area contributed by atoms with E-state index in [1.807, 2.05) is 0 Å². The van der Waals surface area contributed by atoms with Gasteiger partial charge in [-0.1, -0.05) is 12.1 Å². The lowest BCUT2D eigenvalue weighted by Gasteiger charge is -2.20. The number of carboxylic acid groups (broad SMARTS) is 1. The molecular weight excluding hydrogens is 411 g/mol. The van der Waals surface area contributed by atoms with Gasteiger partial charge in [-0.15, -0.1) is 13.2 Å². The van der Waals surface area contributed by atoms with E-state index in [2.05, 4.69) is 9.47 Å². The van der Waals surface area contributed by atoms with E-state index in [4.69, 9.17) is 5.11 Å². The predicted octanol–water partition coefficient (Wildman–Crippen LogP) is 2.54. The third-order valence-corrected chi connectivity index (χ3v) is 4.28. The molecule has 1 atom stereocenters. The van der Waals surface area contributed by atoms with Crippen LogP contribution < -0.4 is 10.3 Å². The van der Waals surface area contributed by atoms with Gasteiger partial charge in [0.15, 0.2) is 0 Å². The number of aryl methyl sites for hydroxylation is 1. The van der Waals surface area contributed by atoms with E-state index >= 15 is 0 Å². The van der Waals surface area contributed by atoms with Crippen molar-refractivity contribution in [3.8, 4) is 11.5 Å². The number of aromatic hydroxyl groups is 1. The monoisotopic (exact) mass is 429 g/mol. The quantitative estimate of drug-likeness (QED) is 0.650. The van der Waals surface area contributed by atoms with Gasteiger partial charge in [0.2, 0.25) is 0 Å². The number of esters is 1. The van der Waals surface area contributed by atoms with Crippen LogP contribution in [0.2, 0.25) is 0 Å². The summed E-state index contributed by atoms with van der Waals surface area (Å²) in [6.45, 7) is 0.744. The fourth-order valence-electron chi connectivity index (χ4n) is 2.97. The zero-order chi connectivity index (χ0) is 22.6. The molecule has 0 aliphatic rings.